The fourth-order valence-corrected chi connectivity index (χ4v) is 3.90. The van der Waals surface area contributed by atoms with Crippen LogP contribution in [0, 0.1) is 17.2 Å². The largest absolute Gasteiger partial charge is 0.497 e. The van der Waals surface area contributed by atoms with Gasteiger partial charge in [0.25, 0.3) is 0 Å². The smallest absolute Gasteiger partial charge is 0.229 e. The van der Waals surface area contributed by atoms with E-state index < -0.39 is 10.0 Å². The van der Waals surface area contributed by atoms with E-state index in [-0.39, 0.29) is 0 Å². The minimum atomic E-state index is -3.34. The molecule has 3 aromatic rings. The molecule has 3 rings (SSSR count). The fraction of sp³-hybridized carbons (Fsp3) is 0.286. The third kappa shape index (κ3) is 3.97. The molecule has 0 bridgehead atoms. The Balaban J connectivity index is 2.22. The summed E-state index contributed by atoms with van der Waals surface area (Å²) in [6.07, 6.45) is 1.11. The van der Waals surface area contributed by atoms with Crippen LogP contribution in [0.25, 0.3) is 22.2 Å². The van der Waals surface area contributed by atoms with Crippen LogP contribution < -0.4 is 9.46 Å². The molecule has 1 heterocycles. The van der Waals surface area contributed by atoms with Crippen molar-refractivity contribution >= 4 is 26.6 Å². The zero-order valence-electron chi connectivity index (χ0n) is 16.4. The van der Waals surface area contributed by atoms with Gasteiger partial charge in [0, 0.05) is 23.7 Å². The number of sulfonamides is 1. The van der Waals surface area contributed by atoms with Gasteiger partial charge in [0.2, 0.25) is 10.0 Å². The first kappa shape index (κ1) is 19.8. The molecule has 6 nitrogen and oxygen atoms in total. The first-order valence-corrected chi connectivity index (χ1v) is 10.8. The average Bonchev–Trinajstić information content (AvgIpc) is 2.93. The van der Waals surface area contributed by atoms with Crippen LogP contribution in [0.15, 0.2) is 42.5 Å². The highest BCUT2D eigenvalue weighted by Crippen LogP contribution is 2.36. The van der Waals surface area contributed by atoms with E-state index in [1.807, 2.05) is 30.3 Å². The average molecular weight is 398 g/mol. The molecule has 0 unspecified atom stereocenters. The highest BCUT2D eigenvalue weighted by molar-refractivity contribution is 7.92. The predicted octanol–water partition coefficient (Wildman–Crippen LogP) is 4.22. The molecule has 0 radical (unpaired) electrons. The molecule has 28 heavy (non-hydrogen) atoms. The Hall–Kier alpha value is -2.98. The summed E-state index contributed by atoms with van der Waals surface area (Å²) in [5, 5.41) is 10.7. The number of benzene rings is 2. The van der Waals surface area contributed by atoms with Crippen molar-refractivity contribution < 1.29 is 13.2 Å². The number of hydrogen-bond acceptors (Lipinski definition) is 4. The molecule has 0 fully saturated rings. The molecule has 1 N–H and O–H groups in total. The summed E-state index contributed by atoms with van der Waals surface area (Å²) in [7, 11) is -1.72. The van der Waals surface area contributed by atoms with E-state index in [1.165, 1.54) is 0 Å². The standard InChI is InChI=1S/C21H23N3O3S/c1-14(2)13-24-20-11-17(27-3)9-10-18(20)19(12-22)21(24)15-5-7-16(8-6-15)23-28(4,25)26/h5-11,14,23H,13H2,1-4H3. The molecule has 1 aromatic heterocycles. The maximum absolute atomic E-state index is 11.4. The molecule has 0 amide bonds. The van der Waals surface area contributed by atoms with E-state index in [0.717, 1.165) is 40.7 Å². The topological polar surface area (TPSA) is 84.1 Å². The van der Waals surface area contributed by atoms with Gasteiger partial charge >= 0.3 is 0 Å². The lowest BCUT2D eigenvalue weighted by Crippen LogP contribution is -2.09. The molecule has 0 spiro atoms. The van der Waals surface area contributed by atoms with Crippen molar-refractivity contribution in [2.24, 2.45) is 5.92 Å². The molecule has 7 heteroatoms. The number of hydrogen-bond donors (Lipinski definition) is 1. The van der Waals surface area contributed by atoms with E-state index in [4.69, 9.17) is 4.74 Å². The van der Waals surface area contributed by atoms with Crippen molar-refractivity contribution in [3.8, 4) is 23.1 Å². The van der Waals surface area contributed by atoms with Crippen molar-refractivity contribution in [1.82, 2.24) is 4.57 Å². The van der Waals surface area contributed by atoms with E-state index in [9.17, 15) is 13.7 Å². The minimum Gasteiger partial charge on any atom is -0.497 e. The summed E-state index contributed by atoms with van der Waals surface area (Å²) in [6, 6.07) is 15.1. The quantitative estimate of drug-likeness (QED) is 0.675. The van der Waals surface area contributed by atoms with Crippen LogP contribution in [0.2, 0.25) is 0 Å². The van der Waals surface area contributed by atoms with Gasteiger partial charge < -0.3 is 9.30 Å². The lowest BCUT2D eigenvalue weighted by molar-refractivity contribution is 0.415. The van der Waals surface area contributed by atoms with Crippen molar-refractivity contribution in [2.75, 3.05) is 18.1 Å². The monoisotopic (exact) mass is 397 g/mol. The Morgan fingerprint density at radius 1 is 1.18 bits per heavy atom. The number of rotatable bonds is 6. The zero-order chi connectivity index (χ0) is 20.5. The first-order valence-electron chi connectivity index (χ1n) is 8.92. The van der Waals surface area contributed by atoms with Crippen LogP contribution in [-0.2, 0) is 16.6 Å². The second-order valence-corrected chi connectivity index (χ2v) is 8.92. The van der Waals surface area contributed by atoms with Gasteiger partial charge in [0.05, 0.1) is 30.1 Å². The molecule has 0 atom stereocenters. The molecule has 0 aliphatic heterocycles. The first-order chi connectivity index (χ1) is 13.2. The van der Waals surface area contributed by atoms with Crippen LogP contribution in [0.3, 0.4) is 0 Å². The molecular formula is C21H23N3O3S. The van der Waals surface area contributed by atoms with E-state index in [2.05, 4.69) is 29.2 Å². The second kappa shape index (κ2) is 7.56. The van der Waals surface area contributed by atoms with E-state index in [0.29, 0.717) is 17.2 Å². The molecule has 2 aromatic carbocycles. The van der Waals surface area contributed by atoms with E-state index in [1.54, 1.807) is 19.2 Å². The maximum Gasteiger partial charge on any atom is 0.229 e. The van der Waals surface area contributed by atoms with Crippen molar-refractivity contribution in [1.29, 1.82) is 5.26 Å². The lowest BCUT2D eigenvalue weighted by atomic mass is 10.1. The van der Waals surface area contributed by atoms with Gasteiger partial charge in [0.1, 0.15) is 11.8 Å². The van der Waals surface area contributed by atoms with Crippen molar-refractivity contribution in [3.05, 3.63) is 48.0 Å². The van der Waals surface area contributed by atoms with Gasteiger partial charge in [-0.3, -0.25) is 4.72 Å². The number of fused-ring (bicyclic) bond motifs is 1. The summed E-state index contributed by atoms with van der Waals surface area (Å²) < 4.78 is 32.8. The summed E-state index contributed by atoms with van der Waals surface area (Å²) in [5.41, 5.74) is 3.70. The molecular weight excluding hydrogens is 374 g/mol. The molecule has 146 valence electrons. The Bertz CT molecular complexity index is 1150. The number of anilines is 1. The highest BCUT2D eigenvalue weighted by atomic mass is 32.2. The van der Waals surface area contributed by atoms with E-state index >= 15 is 0 Å². The zero-order valence-corrected chi connectivity index (χ0v) is 17.2. The van der Waals surface area contributed by atoms with Crippen LogP contribution in [0.4, 0.5) is 5.69 Å². The Labute approximate surface area is 165 Å². The van der Waals surface area contributed by atoms with Gasteiger partial charge in [-0.25, -0.2) is 8.42 Å². The van der Waals surface area contributed by atoms with Gasteiger partial charge in [-0.1, -0.05) is 26.0 Å². The normalized spacial score (nSPS) is 11.6. The maximum atomic E-state index is 11.4. The molecule has 0 saturated carbocycles. The Kier molecular flexibility index (Phi) is 5.34. The van der Waals surface area contributed by atoms with Gasteiger partial charge in [-0.15, -0.1) is 0 Å². The minimum absolute atomic E-state index is 0.373. The van der Waals surface area contributed by atoms with Crippen LogP contribution in [-0.4, -0.2) is 26.4 Å². The van der Waals surface area contributed by atoms with Crippen LogP contribution in [0.1, 0.15) is 19.4 Å². The summed E-state index contributed by atoms with van der Waals surface area (Å²) in [6.45, 7) is 4.99. The van der Waals surface area contributed by atoms with Crippen LogP contribution in [0.5, 0.6) is 5.75 Å². The number of nitrogens with one attached hydrogen (secondary N) is 1. The summed E-state index contributed by atoms with van der Waals surface area (Å²) >= 11 is 0. The van der Waals surface area contributed by atoms with Crippen LogP contribution >= 0.6 is 0 Å². The number of aromatic nitrogens is 1. The van der Waals surface area contributed by atoms with Gasteiger partial charge in [-0.2, -0.15) is 5.26 Å². The number of nitriles is 1. The van der Waals surface area contributed by atoms with Gasteiger partial charge in [0.15, 0.2) is 0 Å². The molecule has 0 aliphatic carbocycles. The number of ether oxygens (including phenoxy) is 1. The number of methoxy groups -OCH3 is 1. The SMILES string of the molecule is COc1ccc2c(C#N)c(-c3ccc(NS(C)(=O)=O)cc3)n(CC(C)C)c2c1. The highest BCUT2D eigenvalue weighted by Gasteiger charge is 2.20. The predicted molar refractivity (Wildman–Crippen MR) is 112 cm³/mol. The fourth-order valence-electron chi connectivity index (χ4n) is 3.33. The molecule has 0 saturated heterocycles. The summed E-state index contributed by atoms with van der Waals surface area (Å²) in [4.78, 5) is 0. The second-order valence-electron chi connectivity index (χ2n) is 7.17. The third-order valence-electron chi connectivity index (χ3n) is 4.39. The Morgan fingerprint density at radius 2 is 1.86 bits per heavy atom. The Morgan fingerprint density at radius 3 is 2.39 bits per heavy atom. The van der Waals surface area contributed by atoms with Crippen molar-refractivity contribution in [2.45, 2.75) is 20.4 Å². The van der Waals surface area contributed by atoms with Gasteiger partial charge in [-0.05, 0) is 35.7 Å². The lowest BCUT2D eigenvalue weighted by Gasteiger charge is -2.14. The van der Waals surface area contributed by atoms with Crippen molar-refractivity contribution in [3.63, 3.8) is 0 Å². The summed E-state index contributed by atoms with van der Waals surface area (Å²) in [5.74, 6) is 1.11. The third-order valence-corrected chi connectivity index (χ3v) is 5.00. The molecule has 0 aliphatic rings. The number of nitrogens with zero attached hydrogens (tertiary/aromatic N) is 2.